The molecule has 1 heterocycles. The third-order valence-corrected chi connectivity index (χ3v) is 4.29. The van der Waals surface area contributed by atoms with Crippen LogP contribution in [0.5, 0.6) is 0 Å². The zero-order valence-electron chi connectivity index (χ0n) is 15.4. The second-order valence-electron chi connectivity index (χ2n) is 6.48. The summed E-state index contributed by atoms with van der Waals surface area (Å²) in [4.78, 5) is 50.0. The van der Waals surface area contributed by atoms with Crippen molar-refractivity contribution in [3.05, 3.63) is 36.0 Å². The summed E-state index contributed by atoms with van der Waals surface area (Å²) >= 11 is 0. The first kappa shape index (κ1) is 21.9. The van der Waals surface area contributed by atoms with Crippen molar-refractivity contribution in [1.29, 1.82) is 0 Å². The number of aliphatic carboxylic acids is 1. The molecule has 11 heteroatoms. The molecule has 0 fully saturated rings. The number of carboxylic acids is 1. The number of benzene rings is 1. The minimum atomic E-state index is -1.59. The number of para-hydroxylation sites is 1. The van der Waals surface area contributed by atoms with E-state index in [1.54, 1.807) is 6.20 Å². The minimum absolute atomic E-state index is 0.162. The second kappa shape index (κ2) is 9.66. The number of amides is 3. The first-order valence-corrected chi connectivity index (χ1v) is 8.76. The average molecular weight is 405 g/mol. The Morgan fingerprint density at radius 3 is 2.34 bits per heavy atom. The van der Waals surface area contributed by atoms with Gasteiger partial charge in [-0.25, -0.2) is 4.79 Å². The molecule has 3 unspecified atom stereocenters. The lowest BCUT2D eigenvalue weighted by molar-refractivity contribution is -0.143. The van der Waals surface area contributed by atoms with Crippen LogP contribution >= 0.6 is 0 Å². The molecule has 0 aliphatic carbocycles. The molecule has 0 saturated carbocycles. The third kappa shape index (κ3) is 5.77. The van der Waals surface area contributed by atoms with Gasteiger partial charge in [-0.1, -0.05) is 18.2 Å². The quantitative estimate of drug-likeness (QED) is 0.236. The Hall–Kier alpha value is -3.44. The fourth-order valence-electron chi connectivity index (χ4n) is 2.78. The van der Waals surface area contributed by atoms with Crippen LogP contribution in [-0.2, 0) is 25.6 Å². The number of aliphatic hydroxyl groups excluding tert-OH is 1. The van der Waals surface area contributed by atoms with Gasteiger partial charge in [0.1, 0.15) is 12.1 Å². The molecule has 11 nitrogen and oxygen atoms in total. The van der Waals surface area contributed by atoms with Crippen LogP contribution in [0, 0.1) is 0 Å². The van der Waals surface area contributed by atoms with Crippen LogP contribution in [0.1, 0.15) is 12.0 Å². The maximum atomic E-state index is 12.4. The van der Waals surface area contributed by atoms with Gasteiger partial charge >= 0.3 is 5.97 Å². The number of rotatable bonds is 10. The standard InChI is InChI=1S/C18H23N5O6/c19-11(5-9-7-21-12-4-2-1-3-10(9)12)16(26)22-13(6-15(20)25)17(27)23-14(8-24)18(28)29/h1-4,7,11,13-14,21,24H,5-6,8,19H2,(H2,20,25)(H,22,26)(H,23,27)(H,28,29). The van der Waals surface area contributed by atoms with E-state index in [0.29, 0.717) is 0 Å². The van der Waals surface area contributed by atoms with Gasteiger partial charge in [-0.3, -0.25) is 14.4 Å². The largest absolute Gasteiger partial charge is 0.480 e. The molecule has 0 saturated heterocycles. The maximum Gasteiger partial charge on any atom is 0.328 e. The Balaban J connectivity index is 2.07. The molecule has 3 atom stereocenters. The van der Waals surface area contributed by atoms with Crippen LogP contribution in [0.25, 0.3) is 10.9 Å². The molecule has 2 aromatic rings. The van der Waals surface area contributed by atoms with Gasteiger partial charge in [0.2, 0.25) is 17.7 Å². The van der Waals surface area contributed by atoms with Crippen LogP contribution < -0.4 is 22.1 Å². The fourth-order valence-corrected chi connectivity index (χ4v) is 2.78. The summed E-state index contributed by atoms with van der Waals surface area (Å²) in [5, 5.41) is 23.2. The van der Waals surface area contributed by atoms with Crippen molar-refractivity contribution in [2.24, 2.45) is 11.5 Å². The predicted octanol–water partition coefficient (Wildman–Crippen LogP) is -2.04. The Morgan fingerprint density at radius 2 is 1.72 bits per heavy atom. The van der Waals surface area contributed by atoms with Crippen LogP contribution in [0.3, 0.4) is 0 Å². The summed E-state index contributed by atoms with van der Waals surface area (Å²) < 4.78 is 0. The summed E-state index contributed by atoms with van der Waals surface area (Å²) in [6.45, 7) is -0.863. The van der Waals surface area contributed by atoms with E-state index < -0.39 is 54.8 Å². The van der Waals surface area contributed by atoms with E-state index in [2.05, 4.69) is 10.3 Å². The fraction of sp³-hybridized carbons (Fsp3) is 0.333. The molecular weight excluding hydrogens is 382 g/mol. The number of carbonyl (C=O) groups is 4. The molecule has 2 rings (SSSR count). The highest BCUT2D eigenvalue weighted by molar-refractivity contribution is 5.95. The number of aromatic nitrogens is 1. The first-order valence-electron chi connectivity index (χ1n) is 8.76. The van der Waals surface area contributed by atoms with Crippen LogP contribution in [-0.4, -0.2) is 63.6 Å². The summed E-state index contributed by atoms with van der Waals surface area (Å²) in [6.07, 6.45) is 1.33. The SMILES string of the molecule is NC(=O)CC(NC(=O)C(N)Cc1c[nH]c2ccccc12)C(=O)NC(CO)C(=O)O. The summed E-state index contributed by atoms with van der Waals surface area (Å²) in [5.74, 6) is -4.04. The number of hydrogen-bond donors (Lipinski definition) is 7. The van der Waals surface area contributed by atoms with E-state index in [4.69, 9.17) is 21.7 Å². The van der Waals surface area contributed by atoms with Crippen LogP contribution in [0.15, 0.2) is 30.5 Å². The first-order chi connectivity index (χ1) is 13.7. The zero-order valence-corrected chi connectivity index (χ0v) is 15.4. The van der Waals surface area contributed by atoms with Crippen LogP contribution in [0.4, 0.5) is 0 Å². The van der Waals surface area contributed by atoms with Gasteiger partial charge in [0.15, 0.2) is 0 Å². The Bertz CT molecular complexity index is 911. The average Bonchev–Trinajstić information content (AvgIpc) is 3.07. The zero-order chi connectivity index (χ0) is 21.6. The highest BCUT2D eigenvalue weighted by Crippen LogP contribution is 2.18. The molecule has 0 aliphatic heterocycles. The van der Waals surface area contributed by atoms with Crippen molar-refractivity contribution in [2.45, 2.75) is 31.0 Å². The van der Waals surface area contributed by atoms with Crippen molar-refractivity contribution in [3.63, 3.8) is 0 Å². The van der Waals surface area contributed by atoms with Crippen molar-refractivity contribution >= 4 is 34.6 Å². The number of carbonyl (C=O) groups excluding carboxylic acids is 3. The van der Waals surface area contributed by atoms with E-state index in [1.807, 2.05) is 29.6 Å². The van der Waals surface area contributed by atoms with Crippen molar-refractivity contribution in [1.82, 2.24) is 15.6 Å². The van der Waals surface area contributed by atoms with Crippen molar-refractivity contribution in [2.75, 3.05) is 6.61 Å². The van der Waals surface area contributed by atoms with E-state index in [-0.39, 0.29) is 6.42 Å². The molecule has 29 heavy (non-hydrogen) atoms. The predicted molar refractivity (Wildman–Crippen MR) is 102 cm³/mol. The van der Waals surface area contributed by atoms with E-state index in [0.717, 1.165) is 16.5 Å². The highest BCUT2D eigenvalue weighted by Gasteiger charge is 2.29. The number of nitrogens with two attached hydrogens (primary N) is 2. The lowest BCUT2D eigenvalue weighted by Crippen LogP contribution is -2.56. The summed E-state index contributed by atoms with van der Waals surface area (Å²) in [7, 11) is 0. The molecule has 156 valence electrons. The Labute approximate surface area is 165 Å². The number of primary amides is 1. The van der Waals surface area contributed by atoms with Gasteiger partial charge in [-0.2, -0.15) is 0 Å². The monoisotopic (exact) mass is 405 g/mol. The summed E-state index contributed by atoms with van der Waals surface area (Å²) in [6, 6.07) is 3.40. The third-order valence-electron chi connectivity index (χ3n) is 4.29. The molecule has 1 aromatic heterocycles. The number of H-pyrrole nitrogens is 1. The molecule has 9 N–H and O–H groups in total. The van der Waals surface area contributed by atoms with E-state index >= 15 is 0 Å². The lowest BCUT2D eigenvalue weighted by atomic mass is 10.0. The van der Waals surface area contributed by atoms with Crippen molar-refractivity contribution < 1.29 is 29.4 Å². The smallest absolute Gasteiger partial charge is 0.328 e. The van der Waals surface area contributed by atoms with Crippen molar-refractivity contribution in [3.8, 4) is 0 Å². The molecule has 3 amide bonds. The normalized spacial score (nSPS) is 14.0. The molecule has 1 aromatic carbocycles. The molecule has 0 radical (unpaired) electrons. The topological polar surface area (TPSA) is 201 Å². The van der Waals surface area contributed by atoms with Gasteiger partial charge in [-0.15, -0.1) is 0 Å². The number of aliphatic hydroxyl groups is 1. The summed E-state index contributed by atoms with van der Waals surface area (Å²) in [5.41, 5.74) is 12.7. The second-order valence-corrected chi connectivity index (χ2v) is 6.48. The minimum Gasteiger partial charge on any atom is -0.480 e. The molecule has 0 spiro atoms. The number of carboxylic acid groups (broad SMARTS) is 1. The van der Waals surface area contributed by atoms with Gasteiger partial charge in [0.25, 0.3) is 0 Å². The number of fused-ring (bicyclic) bond motifs is 1. The van der Waals surface area contributed by atoms with Gasteiger partial charge in [0, 0.05) is 17.1 Å². The molecule has 0 aliphatic rings. The number of nitrogens with one attached hydrogen (secondary N) is 3. The van der Waals surface area contributed by atoms with E-state index in [9.17, 15) is 19.2 Å². The number of hydrogen-bond acceptors (Lipinski definition) is 6. The lowest BCUT2D eigenvalue weighted by Gasteiger charge is -2.21. The van der Waals surface area contributed by atoms with Gasteiger partial charge in [-0.05, 0) is 18.1 Å². The van der Waals surface area contributed by atoms with Gasteiger partial charge in [0.05, 0.1) is 19.1 Å². The van der Waals surface area contributed by atoms with Crippen LogP contribution in [0.2, 0.25) is 0 Å². The Kier molecular flexibility index (Phi) is 7.28. The van der Waals surface area contributed by atoms with E-state index in [1.165, 1.54) is 0 Å². The maximum absolute atomic E-state index is 12.4. The molecule has 0 bridgehead atoms. The van der Waals surface area contributed by atoms with Gasteiger partial charge < -0.3 is 37.3 Å². The Morgan fingerprint density at radius 1 is 1.07 bits per heavy atom. The number of aromatic amines is 1. The highest BCUT2D eigenvalue weighted by atomic mass is 16.4. The molecular formula is C18H23N5O6.